The molecule has 1 amide bonds. The second kappa shape index (κ2) is 8.37. The fourth-order valence-corrected chi connectivity index (χ4v) is 2.44. The number of anilines is 1. The summed E-state index contributed by atoms with van der Waals surface area (Å²) in [5.41, 5.74) is -0.198. The van der Waals surface area contributed by atoms with Gasteiger partial charge in [0.1, 0.15) is 5.75 Å². The number of ether oxygens (including phenoxy) is 1. The molecular formula is C17H14ClF3N2O2S. The number of rotatable bonds is 4. The van der Waals surface area contributed by atoms with Crippen LogP contribution < -0.4 is 15.4 Å². The van der Waals surface area contributed by atoms with Gasteiger partial charge in [-0.2, -0.15) is 13.2 Å². The number of methoxy groups -OCH3 is 1. The van der Waals surface area contributed by atoms with Crippen molar-refractivity contribution in [3.8, 4) is 5.75 Å². The number of benzene rings is 2. The van der Waals surface area contributed by atoms with E-state index < -0.39 is 17.6 Å². The van der Waals surface area contributed by atoms with Crippen molar-refractivity contribution in [1.82, 2.24) is 5.32 Å². The molecule has 0 spiro atoms. The third-order valence-electron chi connectivity index (χ3n) is 3.32. The monoisotopic (exact) mass is 402 g/mol. The van der Waals surface area contributed by atoms with Gasteiger partial charge in [0.2, 0.25) is 5.91 Å². The van der Waals surface area contributed by atoms with Crippen molar-refractivity contribution in [3.63, 3.8) is 0 Å². The summed E-state index contributed by atoms with van der Waals surface area (Å²) in [4.78, 5) is 12.0. The van der Waals surface area contributed by atoms with E-state index in [2.05, 4.69) is 10.6 Å². The first-order valence-corrected chi connectivity index (χ1v) is 8.08. The molecule has 2 aromatic carbocycles. The minimum Gasteiger partial charge on any atom is -0.497 e. The maximum atomic E-state index is 12.8. The van der Waals surface area contributed by atoms with Crippen molar-refractivity contribution in [2.45, 2.75) is 12.6 Å². The molecule has 0 atom stereocenters. The predicted molar refractivity (Wildman–Crippen MR) is 97.5 cm³/mol. The molecule has 0 unspecified atom stereocenters. The highest BCUT2D eigenvalue weighted by Gasteiger charge is 2.31. The molecule has 0 aliphatic heterocycles. The summed E-state index contributed by atoms with van der Waals surface area (Å²) >= 11 is 10.8. The largest absolute Gasteiger partial charge is 0.497 e. The van der Waals surface area contributed by atoms with E-state index in [1.54, 1.807) is 24.3 Å². The first-order chi connectivity index (χ1) is 12.2. The normalized spacial score (nSPS) is 11.0. The van der Waals surface area contributed by atoms with E-state index in [-0.39, 0.29) is 22.2 Å². The van der Waals surface area contributed by atoms with Gasteiger partial charge in [-0.25, -0.2) is 0 Å². The molecule has 2 N–H and O–H groups in total. The van der Waals surface area contributed by atoms with Gasteiger partial charge in [0.05, 0.1) is 29.8 Å². The number of thiocarbonyl (C=S) groups is 1. The quantitative estimate of drug-likeness (QED) is 0.743. The SMILES string of the molecule is COc1ccc(CC(=O)NC(=S)Nc2cc(C(F)(F)F)ccc2Cl)cc1. The molecule has 0 saturated heterocycles. The van der Waals surface area contributed by atoms with Gasteiger partial charge in [-0.3, -0.25) is 4.79 Å². The van der Waals surface area contributed by atoms with E-state index in [4.69, 9.17) is 28.6 Å². The highest BCUT2D eigenvalue weighted by Crippen LogP contribution is 2.33. The van der Waals surface area contributed by atoms with Gasteiger partial charge in [-0.15, -0.1) is 0 Å². The standard InChI is InChI=1S/C17H14ClF3N2O2S/c1-25-12-5-2-10(3-6-12)8-15(24)23-16(26)22-14-9-11(17(19,20)21)4-7-13(14)18/h2-7,9H,8H2,1H3,(H2,22,23,24,26). The Balaban J connectivity index is 1.98. The molecule has 0 aromatic heterocycles. The van der Waals surface area contributed by atoms with Crippen LogP contribution in [0.5, 0.6) is 5.75 Å². The maximum absolute atomic E-state index is 12.8. The Kier molecular flexibility index (Phi) is 6.44. The molecule has 0 radical (unpaired) electrons. The van der Waals surface area contributed by atoms with Gasteiger partial charge in [-0.1, -0.05) is 23.7 Å². The van der Waals surface area contributed by atoms with Crippen molar-refractivity contribution in [2.24, 2.45) is 0 Å². The predicted octanol–water partition coefficient (Wildman–Crippen LogP) is 4.42. The summed E-state index contributed by atoms with van der Waals surface area (Å²) in [6.45, 7) is 0. The van der Waals surface area contributed by atoms with Crippen LogP contribution in [0.2, 0.25) is 5.02 Å². The summed E-state index contributed by atoms with van der Waals surface area (Å²) in [6.07, 6.45) is -4.47. The van der Waals surface area contributed by atoms with Crippen molar-refractivity contribution >= 4 is 40.5 Å². The lowest BCUT2D eigenvalue weighted by Gasteiger charge is -2.13. The first kappa shape index (κ1) is 20.0. The Morgan fingerprint density at radius 2 is 1.85 bits per heavy atom. The number of hydrogen-bond acceptors (Lipinski definition) is 3. The molecular weight excluding hydrogens is 389 g/mol. The smallest absolute Gasteiger partial charge is 0.416 e. The molecule has 2 aromatic rings. The highest BCUT2D eigenvalue weighted by atomic mass is 35.5. The van der Waals surface area contributed by atoms with Crippen LogP contribution in [0.3, 0.4) is 0 Å². The second-order valence-electron chi connectivity index (χ2n) is 5.22. The van der Waals surface area contributed by atoms with Gasteiger partial charge < -0.3 is 15.4 Å². The summed E-state index contributed by atoms with van der Waals surface area (Å²) < 4.78 is 43.3. The summed E-state index contributed by atoms with van der Waals surface area (Å²) in [5, 5.41) is 4.80. The Morgan fingerprint density at radius 3 is 2.42 bits per heavy atom. The lowest BCUT2D eigenvalue weighted by atomic mass is 10.1. The number of hydrogen-bond donors (Lipinski definition) is 2. The number of carbonyl (C=O) groups is 1. The van der Waals surface area contributed by atoms with Gasteiger partial charge in [-0.05, 0) is 48.1 Å². The van der Waals surface area contributed by atoms with E-state index in [1.807, 2.05) is 0 Å². The first-order valence-electron chi connectivity index (χ1n) is 7.29. The lowest BCUT2D eigenvalue weighted by molar-refractivity contribution is -0.137. The van der Waals surface area contributed by atoms with Crippen LogP contribution in [-0.2, 0) is 17.4 Å². The van der Waals surface area contributed by atoms with E-state index in [1.165, 1.54) is 7.11 Å². The maximum Gasteiger partial charge on any atom is 0.416 e. The molecule has 0 aliphatic rings. The third-order valence-corrected chi connectivity index (χ3v) is 3.85. The average molecular weight is 403 g/mol. The Morgan fingerprint density at radius 1 is 1.19 bits per heavy atom. The van der Waals surface area contributed by atoms with E-state index in [0.29, 0.717) is 5.75 Å². The van der Waals surface area contributed by atoms with Crippen LogP contribution >= 0.6 is 23.8 Å². The van der Waals surface area contributed by atoms with Crippen LogP contribution in [-0.4, -0.2) is 18.1 Å². The second-order valence-corrected chi connectivity index (χ2v) is 6.03. The number of carbonyl (C=O) groups excluding carboxylic acids is 1. The zero-order valence-corrected chi connectivity index (χ0v) is 15.1. The Hall–Kier alpha value is -2.32. The zero-order valence-electron chi connectivity index (χ0n) is 13.5. The molecule has 2 rings (SSSR count). The molecule has 0 bridgehead atoms. The van der Waals surface area contributed by atoms with Crippen LogP contribution in [0.25, 0.3) is 0 Å². The fourth-order valence-electron chi connectivity index (χ4n) is 2.05. The Labute approximate surface area is 158 Å². The van der Waals surface area contributed by atoms with Gasteiger partial charge in [0.15, 0.2) is 5.11 Å². The van der Waals surface area contributed by atoms with E-state index in [0.717, 1.165) is 23.8 Å². The van der Waals surface area contributed by atoms with Crippen molar-refractivity contribution in [3.05, 3.63) is 58.6 Å². The summed E-state index contributed by atoms with van der Waals surface area (Å²) in [5.74, 6) is 0.237. The van der Waals surface area contributed by atoms with Gasteiger partial charge >= 0.3 is 6.18 Å². The van der Waals surface area contributed by atoms with Gasteiger partial charge in [0, 0.05) is 0 Å². The Bertz CT molecular complexity index is 811. The molecule has 0 heterocycles. The zero-order chi connectivity index (χ0) is 19.3. The van der Waals surface area contributed by atoms with Gasteiger partial charge in [0.25, 0.3) is 0 Å². The van der Waals surface area contributed by atoms with Crippen molar-refractivity contribution in [2.75, 3.05) is 12.4 Å². The number of alkyl halides is 3. The summed E-state index contributed by atoms with van der Waals surface area (Å²) in [6, 6.07) is 9.65. The molecule has 138 valence electrons. The van der Waals surface area contributed by atoms with Crippen LogP contribution in [0.15, 0.2) is 42.5 Å². The molecule has 4 nitrogen and oxygen atoms in total. The van der Waals surface area contributed by atoms with Crippen LogP contribution in [0.4, 0.5) is 18.9 Å². The number of halogens is 4. The fraction of sp³-hybridized carbons (Fsp3) is 0.176. The molecule has 0 aliphatic carbocycles. The molecule has 0 saturated carbocycles. The third kappa shape index (κ3) is 5.60. The van der Waals surface area contributed by atoms with Crippen molar-refractivity contribution in [1.29, 1.82) is 0 Å². The lowest BCUT2D eigenvalue weighted by Crippen LogP contribution is -2.35. The minimum absolute atomic E-state index is 0.0438. The van der Waals surface area contributed by atoms with E-state index in [9.17, 15) is 18.0 Å². The number of amides is 1. The van der Waals surface area contributed by atoms with Crippen molar-refractivity contribution < 1.29 is 22.7 Å². The minimum atomic E-state index is -4.51. The average Bonchev–Trinajstić information content (AvgIpc) is 2.56. The topological polar surface area (TPSA) is 50.4 Å². The number of nitrogens with one attached hydrogen (secondary N) is 2. The molecule has 26 heavy (non-hydrogen) atoms. The van der Waals surface area contributed by atoms with Crippen LogP contribution in [0.1, 0.15) is 11.1 Å². The summed E-state index contributed by atoms with van der Waals surface area (Å²) in [7, 11) is 1.53. The molecule has 0 fully saturated rings. The molecule has 9 heteroatoms. The van der Waals surface area contributed by atoms with Crippen LogP contribution in [0, 0.1) is 0 Å². The highest BCUT2D eigenvalue weighted by molar-refractivity contribution is 7.80. The van der Waals surface area contributed by atoms with E-state index >= 15 is 0 Å².